The number of carbonyl (C=O) groups is 1. The van der Waals surface area contributed by atoms with Crippen LogP contribution in [0.3, 0.4) is 0 Å². The van der Waals surface area contributed by atoms with E-state index in [4.69, 9.17) is 4.52 Å². The Hall–Kier alpha value is -3.36. The summed E-state index contributed by atoms with van der Waals surface area (Å²) in [6.07, 6.45) is 4.95. The molecule has 0 saturated heterocycles. The zero-order chi connectivity index (χ0) is 20.9. The fraction of sp³-hybridized carbons (Fsp3) is 0.136. The maximum Gasteiger partial charge on any atom is 0.277 e. The van der Waals surface area contributed by atoms with E-state index in [0.29, 0.717) is 17.2 Å². The third kappa shape index (κ3) is 4.61. The van der Waals surface area contributed by atoms with Crippen LogP contribution in [0.25, 0.3) is 11.3 Å². The number of nitrogens with zero attached hydrogens (tertiary/aromatic N) is 3. The van der Waals surface area contributed by atoms with E-state index >= 15 is 0 Å². The fourth-order valence-electron chi connectivity index (χ4n) is 3.11. The van der Waals surface area contributed by atoms with E-state index < -0.39 is 17.1 Å². The molecule has 4 rings (SSSR count). The minimum absolute atomic E-state index is 0.177. The normalized spacial score (nSPS) is 13.0. The predicted octanol–water partition coefficient (Wildman–Crippen LogP) is 3.76. The Kier molecular flexibility index (Phi) is 5.97. The third-order valence-corrected chi connectivity index (χ3v) is 5.34. The molecule has 2 aromatic carbocycles. The molecule has 0 aliphatic rings. The number of anilines is 1. The molecule has 1 N–H and O–H groups in total. The summed E-state index contributed by atoms with van der Waals surface area (Å²) in [5.74, 6) is 0.546. The van der Waals surface area contributed by atoms with Crippen molar-refractivity contribution < 1.29 is 13.9 Å². The predicted molar refractivity (Wildman–Crippen MR) is 116 cm³/mol. The van der Waals surface area contributed by atoms with Gasteiger partial charge in [0.1, 0.15) is 11.8 Å². The summed E-state index contributed by atoms with van der Waals surface area (Å²) < 4.78 is 18.9. The summed E-state index contributed by atoms with van der Waals surface area (Å²) in [4.78, 5) is 12.6. The van der Waals surface area contributed by atoms with Gasteiger partial charge >= 0.3 is 0 Å². The lowest BCUT2D eigenvalue weighted by Gasteiger charge is -2.18. The third-order valence-electron chi connectivity index (χ3n) is 4.56. The van der Waals surface area contributed by atoms with Crippen molar-refractivity contribution in [3.8, 4) is 11.3 Å². The molecule has 2 aromatic heterocycles. The van der Waals surface area contributed by atoms with Crippen LogP contribution in [0, 0.1) is 0 Å². The minimum atomic E-state index is -1.01. The van der Waals surface area contributed by atoms with Crippen LogP contribution in [0.2, 0.25) is 0 Å². The molecular formula is C22H20N4O3S. The molecule has 30 heavy (non-hydrogen) atoms. The van der Waals surface area contributed by atoms with Crippen molar-refractivity contribution in [1.29, 1.82) is 0 Å². The topological polar surface area (TPSA) is 96.0 Å². The zero-order valence-electron chi connectivity index (χ0n) is 16.3. The first kappa shape index (κ1) is 19.9. The van der Waals surface area contributed by atoms with Gasteiger partial charge in [-0.3, -0.25) is 9.48 Å². The van der Waals surface area contributed by atoms with Gasteiger partial charge in [-0.25, -0.2) is 0 Å². The van der Waals surface area contributed by atoms with Crippen molar-refractivity contribution in [2.45, 2.75) is 6.04 Å². The Balaban J connectivity index is 1.50. The molecule has 7 nitrogen and oxygen atoms in total. The highest BCUT2D eigenvalue weighted by Crippen LogP contribution is 2.23. The average Bonchev–Trinajstić information content (AvgIpc) is 3.43. The SMILES string of the molecule is C[S+]([O-])CC(c1ccccc1)n1cc(NC(=O)c2cc(-c3ccccc3)on2)cn1. The Morgan fingerprint density at radius 2 is 1.87 bits per heavy atom. The van der Waals surface area contributed by atoms with Gasteiger partial charge in [-0.15, -0.1) is 0 Å². The van der Waals surface area contributed by atoms with E-state index in [0.717, 1.165) is 11.1 Å². The molecule has 4 aromatic rings. The lowest BCUT2D eigenvalue weighted by molar-refractivity contribution is 0.101. The number of carbonyl (C=O) groups excluding carboxylic acids is 1. The molecule has 0 aliphatic carbocycles. The lowest BCUT2D eigenvalue weighted by atomic mass is 10.1. The van der Waals surface area contributed by atoms with Gasteiger partial charge in [0, 0.05) is 17.8 Å². The van der Waals surface area contributed by atoms with Crippen molar-refractivity contribution in [3.63, 3.8) is 0 Å². The van der Waals surface area contributed by atoms with Crippen LogP contribution in [0.1, 0.15) is 22.1 Å². The largest absolute Gasteiger partial charge is 0.616 e. The number of amides is 1. The van der Waals surface area contributed by atoms with Crippen molar-refractivity contribution in [3.05, 3.63) is 90.4 Å². The Morgan fingerprint density at radius 3 is 2.57 bits per heavy atom. The van der Waals surface area contributed by atoms with Gasteiger partial charge in [0.05, 0.1) is 18.1 Å². The molecule has 1 amide bonds. The highest BCUT2D eigenvalue weighted by molar-refractivity contribution is 7.90. The van der Waals surface area contributed by atoms with Gasteiger partial charge in [0.15, 0.2) is 11.5 Å². The monoisotopic (exact) mass is 420 g/mol. The summed E-state index contributed by atoms with van der Waals surface area (Å²) in [6.45, 7) is 0. The van der Waals surface area contributed by atoms with Crippen molar-refractivity contribution in [2.75, 3.05) is 17.3 Å². The molecular weight excluding hydrogens is 400 g/mol. The van der Waals surface area contributed by atoms with E-state index in [2.05, 4.69) is 15.6 Å². The number of rotatable bonds is 7. The molecule has 0 saturated carbocycles. The number of hydrogen-bond donors (Lipinski definition) is 1. The second kappa shape index (κ2) is 8.98. The van der Waals surface area contributed by atoms with Crippen LogP contribution in [0.4, 0.5) is 5.69 Å². The molecule has 2 unspecified atom stereocenters. The highest BCUT2D eigenvalue weighted by atomic mass is 32.2. The van der Waals surface area contributed by atoms with Gasteiger partial charge in [-0.2, -0.15) is 5.10 Å². The van der Waals surface area contributed by atoms with Crippen LogP contribution in [0.15, 0.2) is 83.6 Å². The smallest absolute Gasteiger partial charge is 0.277 e. The second-order valence-electron chi connectivity index (χ2n) is 6.77. The van der Waals surface area contributed by atoms with E-state index in [1.807, 2.05) is 60.7 Å². The first-order valence-corrected chi connectivity index (χ1v) is 11.1. The summed E-state index contributed by atoms with van der Waals surface area (Å²) in [7, 11) is 0. The molecule has 152 valence electrons. The van der Waals surface area contributed by atoms with Gasteiger partial charge in [-0.05, 0) is 5.56 Å². The number of nitrogens with one attached hydrogen (secondary N) is 1. The van der Waals surface area contributed by atoms with Gasteiger partial charge < -0.3 is 14.4 Å². The van der Waals surface area contributed by atoms with E-state index in [-0.39, 0.29) is 11.7 Å². The van der Waals surface area contributed by atoms with Gasteiger partial charge in [0.25, 0.3) is 5.91 Å². The maximum absolute atomic E-state index is 12.6. The van der Waals surface area contributed by atoms with Crippen molar-refractivity contribution in [1.82, 2.24) is 14.9 Å². The number of aromatic nitrogens is 3. The Bertz CT molecular complexity index is 1110. The first-order chi connectivity index (χ1) is 14.6. The molecule has 0 fully saturated rings. The molecule has 0 aliphatic heterocycles. The number of benzene rings is 2. The summed E-state index contributed by atoms with van der Waals surface area (Å²) in [5, 5.41) is 11.0. The van der Waals surface area contributed by atoms with E-state index in [9.17, 15) is 9.35 Å². The van der Waals surface area contributed by atoms with Gasteiger partial charge in [-0.1, -0.05) is 77.0 Å². The first-order valence-electron chi connectivity index (χ1n) is 9.33. The zero-order valence-corrected chi connectivity index (χ0v) is 17.1. The standard InChI is InChI=1S/C22H20N4O3S/c1-30(28)15-20(16-8-4-2-5-9-16)26-14-18(13-23-26)24-22(27)19-12-21(29-25-19)17-10-6-3-7-11-17/h2-14,20H,15H2,1H3,(H,24,27). The molecule has 0 bridgehead atoms. The van der Waals surface area contributed by atoms with Crippen molar-refractivity contribution in [2.24, 2.45) is 0 Å². The van der Waals surface area contributed by atoms with E-state index in [1.54, 1.807) is 29.4 Å². The Morgan fingerprint density at radius 1 is 1.17 bits per heavy atom. The molecule has 8 heteroatoms. The Labute approximate surface area is 176 Å². The van der Waals surface area contributed by atoms with Crippen LogP contribution in [0.5, 0.6) is 0 Å². The molecule has 0 spiro atoms. The van der Waals surface area contributed by atoms with Crippen LogP contribution in [-0.4, -0.2) is 37.4 Å². The lowest BCUT2D eigenvalue weighted by Crippen LogP contribution is -2.21. The number of hydrogen-bond acceptors (Lipinski definition) is 5. The molecule has 2 heterocycles. The minimum Gasteiger partial charge on any atom is -0.616 e. The second-order valence-corrected chi connectivity index (χ2v) is 8.25. The summed E-state index contributed by atoms with van der Waals surface area (Å²) in [5.41, 5.74) is 2.54. The highest BCUT2D eigenvalue weighted by Gasteiger charge is 2.21. The van der Waals surface area contributed by atoms with Crippen LogP contribution in [-0.2, 0) is 11.2 Å². The van der Waals surface area contributed by atoms with Crippen LogP contribution < -0.4 is 5.32 Å². The van der Waals surface area contributed by atoms with E-state index in [1.165, 1.54) is 0 Å². The average molecular weight is 420 g/mol. The fourth-order valence-corrected chi connectivity index (χ4v) is 3.90. The maximum atomic E-state index is 12.6. The molecule has 0 radical (unpaired) electrons. The summed E-state index contributed by atoms with van der Waals surface area (Å²) in [6, 6.07) is 20.6. The van der Waals surface area contributed by atoms with Crippen LogP contribution >= 0.6 is 0 Å². The van der Waals surface area contributed by atoms with Crippen molar-refractivity contribution >= 4 is 22.8 Å². The molecule has 2 atom stereocenters. The van der Waals surface area contributed by atoms with Gasteiger partial charge in [0.2, 0.25) is 0 Å². The quantitative estimate of drug-likeness (QED) is 0.459. The summed E-state index contributed by atoms with van der Waals surface area (Å²) >= 11 is -1.01.